The van der Waals surface area contributed by atoms with E-state index in [2.05, 4.69) is 0 Å². The highest BCUT2D eigenvalue weighted by atomic mass is 16.4. The molecular weight excluding hydrogens is 268 g/mol. The molecule has 118 valence electrons. The second-order valence-electron chi connectivity index (χ2n) is 7.39. The summed E-state index contributed by atoms with van der Waals surface area (Å²) in [4.78, 5) is 35.7. The molecule has 0 aromatic rings. The minimum atomic E-state index is -0.861. The van der Waals surface area contributed by atoms with Crippen LogP contribution >= 0.6 is 0 Å². The highest BCUT2D eigenvalue weighted by Gasteiger charge is 2.37. The summed E-state index contributed by atoms with van der Waals surface area (Å²) in [5.41, 5.74) is 0.597. The van der Waals surface area contributed by atoms with Crippen LogP contribution in [0.3, 0.4) is 0 Å². The van der Waals surface area contributed by atoms with Crippen molar-refractivity contribution in [3.05, 3.63) is 11.1 Å². The third kappa shape index (κ3) is 4.80. The van der Waals surface area contributed by atoms with E-state index >= 15 is 0 Å². The lowest BCUT2D eigenvalue weighted by Gasteiger charge is -2.29. The highest BCUT2D eigenvalue weighted by molar-refractivity contribution is 6.22. The van der Waals surface area contributed by atoms with E-state index in [0.717, 1.165) is 0 Å². The van der Waals surface area contributed by atoms with Crippen LogP contribution in [0.2, 0.25) is 0 Å². The van der Waals surface area contributed by atoms with Crippen LogP contribution in [0.5, 0.6) is 0 Å². The van der Waals surface area contributed by atoms with Crippen molar-refractivity contribution in [3.8, 4) is 0 Å². The Bertz CT molecular complexity index is 461. The van der Waals surface area contributed by atoms with Crippen molar-refractivity contribution < 1.29 is 19.5 Å². The highest BCUT2D eigenvalue weighted by Crippen LogP contribution is 2.36. The molecule has 1 atom stereocenters. The van der Waals surface area contributed by atoms with Gasteiger partial charge in [-0.1, -0.05) is 33.3 Å². The molecule has 0 aromatic carbocycles. The Balaban J connectivity index is 2.98. The van der Waals surface area contributed by atoms with Crippen LogP contribution in [-0.2, 0) is 14.4 Å². The molecule has 1 saturated carbocycles. The van der Waals surface area contributed by atoms with Crippen molar-refractivity contribution >= 4 is 17.5 Å². The first kappa shape index (κ1) is 17.6. The molecule has 1 aliphatic rings. The lowest BCUT2D eigenvalue weighted by Crippen LogP contribution is -2.32. The summed E-state index contributed by atoms with van der Waals surface area (Å²) >= 11 is 0. The molecule has 4 nitrogen and oxygen atoms in total. The van der Waals surface area contributed by atoms with Gasteiger partial charge >= 0.3 is 5.97 Å². The second kappa shape index (κ2) is 6.54. The van der Waals surface area contributed by atoms with Gasteiger partial charge in [0.25, 0.3) is 0 Å². The summed E-state index contributed by atoms with van der Waals surface area (Å²) in [6.07, 6.45) is 1.54. The van der Waals surface area contributed by atoms with E-state index in [4.69, 9.17) is 0 Å². The van der Waals surface area contributed by atoms with E-state index in [1.807, 2.05) is 27.7 Å². The summed E-state index contributed by atoms with van der Waals surface area (Å²) < 4.78 is 0. The van der Waals surface area contributed by atoms with Crippen LogP contribution in [0.1, 0.15) is 60.3 Å². The van der Waals surface area contributed by atoms with Gasteiger partial charge in [0.05, 0.1) is 11.5 Å². The van der Waals surface area contributed by atoms with E-state index in [0.29, 0.717) is 24.8 Å². The van der Waals surface area contributed by atoms with Crippen molar-refractivity contribution in [1.82, 2.24) is 0 Å². The number of carboxylic acid groups (broad SMARTS) is 1. The molecule has 1 rings (SSSR count). The number of hydrogen-bond donors (Lipinski definition) is 1. The van der Waals surface area contributed by atoms with Gasteiger partial charge < -0.3 is 5.11 Å². The lowest BCUT2D eigenvalue weighted by molar-refractivity contribution is -0.142. The maximum atomic E-state index is 12.2. The van der Waals surface area contributed by atoms with Gasteiger partial charge in [-0.25, -0.2) is 0 Å². The molecule has 4 heteroatoms. The topological polar surface area (TPSA) is 71.4 Å². The van der Waals surface area contributed by atoms with Crippen molar-refractivity contribution in [2.24, 2.45) is 17.3 Å². The monoisotopic (exact) mass is 294 g/mol. The molecule has 0 aliphatic heterocycles. The normalized spacial score (nSPS) is 19.8. The Labute approximate surface area is 126 Å². The fourth-order valence-corrected chi connectivity index (χ4v) is 3.05. The van der Waals surface area contributed by atoms with E-state index < -0.39 is 11.9 Å². The fraction of sp³-hybridized carbons (Fsp3) is 0.706. The first-order valence-electron chi connectivity index (χ1n) is 7.52. The van der Waals surface area contributed by atoms with Gasteiger partial charge in [0.2, 0.25) is 0 Å². The van der Waals surface area contributed by atoms with Crippen molar-refractivity contribution in [2.75, 3.05) is 0 Å². The van der Waals surface area contributed by atoms with Gasteiger partial charge in [0.1, 0.15) is 0 Å². The summed E-state index contributed by atoms with van der Waals surface area (Å²) in [5, 5.41) is 9.29. The van der Waals surface area contributed by atoms with Gasteiger partial charge in [-0.15, -0.1) is 0 Å². The molecule has 0 bridgehead atoms. The van der Waals surface area contributed by atoms with Crippen LogP contribution in [0.25, 0.3) is 0 Å². The van der Waals surface area contributed by atoms with Gasteiger partial charge in [0, 0.05) is 12.8 Å². The number of carbonyl (C=O) groups is 3. The van der Waals surface area contributed by atoms with Gasteiger partial charge in [-0.05, 0) is 31.1 Å². The molecule has 0 saturated heterocycles. The Morgan fingerprint density at radius 3 is 2.05 bits per heavy atom. The van der Waals surface area contributed by atoms with Crippen LogP contribution in [-0.4, -0.2) is 22.6 Å². The number of Topliss-reactive ketones (excluding diaryl/α,β-unsaturated/α-hetero) is 2. The molecule has 0 unspecified atom stereocenters. The molecule has 0 amide bonds. The van der Waals surface area contributed by atoms with Crippen LogP contribution in [0.15, 0.2) is 11.1 Å². The average Bonchev–Trinajstić information content (AvgIpc) is 2.23. The summed E-state index contributed by atoms with van der Waals surface area (Å²) in [6, 6.07) is 0. The van der Waals surface area contributed by atoms with Crippen LogP contribution in [0, 0.1) is 17.3 Å². The molecule has 0 radical (unpaired) electrons. The average molecular weight is 294 g/mol. The van der Waals surface area contributed by atoms with E-state index in [1.165, 1.54) is 0 Å². The SMILES string of the molecule is CC(C[C@@H](CC(C)C)C(=O)O)=C1C(=O)CC(C)(C)CC1=O. The Morgan fingerprint density at radius 2 is 1.67 bits per heavy atom. The van der Waals surface area contributed by atoms with Crippen LogP contribution in [0.4, 0.5) is 0 Å². The van der Waals surface area contributed by atoms with E-state index in [9.17, 15) is 19.5 Å². The molecular formula is C17H26O4. The zero-order valence-electron chi connectivity index (χ0n) is 13.7. The van der Waals surface area contributed by atoms with Gasteiger partial charge in [0.15, 0.2) is 11.6 Å². The zero-order valence-corrected chi connectivity index (χ0v) is 13.7. The Morgan fingerprint density at radius 1 is 1.19 bits per heavy atom. The number of ketones is 2. The maximum absolute atomic E-state index is 12.2. The lowest BCUT2D eigenvalue weighted by atomic mass is 9.72. The van der Waals surface area contributed by atoms with Crippen molar-refractivity contribution in [2.45, 2.75) is 60.3 Å². The molecule has 0 aromatic heterocycles. The Hall–Kier alpha value is -1.45. The predicted molar refractivity (Wildman–Crippen MR) is 80.9 cm³/mol. The molecule has 1 N–H and O–H groups in total. The molecule has 21 heavy (non-hydrogen) atoms. The van der Waals surface area contributed by atoms with Crippen molar-refractivity contribution in [1.29, 1.82) is 0 Å². The molecule has 0 spiro atoms. The fourth-order valence-electron chi connectivity index (χ4n) is 3.05. The summed E-state index contributed by atoms with van der Waals surface area (Å²) in [7, 11) is 0. The Kier molecular flexibility index (Phi) is 5.48. The summed E-state index contributed by atoms with van der Waals surface area (Å²) in [6.45, 7) is 9.48. The second-order valence-corrected chi connectivity index (χ2v) is 7.39. The minimum absolute atomic E-state index is 0.137. The van der Waals surface area contributed by atoms with E-state index in [-0.39, 0.29) is 34.9 Å². The third-order valence-electron chi connectivity index (χ3n) is 3.92. The molecule has 0 heterocycles. The first-order chi connectivity index (χ1) is 9.53. The smallest absolute Gasteiger partial charge is 0.306 e. The van der Waals surface area contributed by atoms with Crippen LogP contribution < -0.4 is 0 Å². The first-order valence-corrected chi connectivity index (χ1v) is 7.52. The predicted octanol–water partition coefficient (Wildman–Crippen LogP) is 3.40. The van der Waals surface area contributed by atoms with Crippen molar-refractivity contribution in [3.63, 3.8) is 0 Å². The summed E-state index contributed by atoms with van der Waals surface area (Å²) in [5.74, 6) is -1.40. The minimum Gasteiger partial charge on any atom is -0.481 e. The maximum Gasteiger partial charge on any atom is 0.306 e. The van der Waals surface area contributed by atoms with Gasteiger partial charge in [-0.2, -0.15) is 0 Å². The quantitative estimate of drug-likeness (QED) is 0.623. The number of carboxylic acids is 1. The standard InChI is InChI=1S/C17H26O4/c1-10(2)6-12(16(20)21)7-11(3)15-13(18)8-17(4,5)9-14(15)19/h10,12H,6-9H2,1-5H3,(H,20,21)/t12-/m1/s1. The number of allylic oxidation sites excluding steroid dienone is 2. The number of carbonyl (C=O) groups excluding carboxylic acids is 2. The zero-order chi connectivity index (χ0) is 16.4. The van der Waals surface area contributed by atoms with E-state index in [1.54, 1.807) is 6.92 Å². The molecule has 1 fully saturated rings. The third-order valence-corrected chi connectivity index (χ3v) is 3.92. The largest absolute Gasteiger partial charge is 0.481 e. The number of aliphatic carboxylic acids is 1. The number of rotatable bonds is 5. The number of hydrogen-bond acceptors (Lipinski definition) is 3. The molecule has 1 aliphatic carbocycles. The van der Waals surface area contributed by atoms with Gasteiger partial charge in [-0.3, -0.25) is 14.4 Å².